The summed E-state index contributed by atoms with van der Waals surface area (Å²) in [5, 5.41) is 2.86. The first-order chi connectivity index (χ1) is 8.16. The molecule has 0 aliphatic heterocycles. The molecule has 0 unspecified atom stereocenters. The van der Waals surface area contributed by atoms with E-state index in [9.17, 15) is 9.59 Å². The summed E-state index contributed by atoms with van der Waals surface area (Å²) in [6.07, 6.45) is 2.12. The van der Waals surface area contributed by atoms with Gasteiger partial charge in [0, 0.05) is 18.7 Å². The fraction of sp³-hybridized carbons (Fsp3) is 0.385. The molecule has 4 nitrogen and oxygen atoms in total. The maximum absolute atomic E-state index is 11.9. The molecule has 90 valence electrons. The Kier molecular flexibility index (Phi) is 3.42. The van der Waals surface area contributed by atoms with Crippen LogP contribution in [0.25, 0.3) is 0 Å². The van der Waals surface area contributed by atoms with Gasteiger partial charge in [0.05, 0.1) is 6.54 Å². The first-order valence-electron chi connectivity index (χ1n) is 5.76. The van der Waals surface area contributed by atoms with E-state index in [4.69, 9.17) is 0 Å². The lowest BCUT2D eigenvalue weighted by Crippen LogP contribution is -2.39. The standard InChI is InChI=1S/C13H16N2O2/c1-15(9-12(16)14-11-7-8-11)13(17)10-5-3-2-4-6-10/h2-6,11H,7-9H2,1H3,(H,14,16). The quantitative estimate of drug-likeness (QED) is 0.843. The summed E-state index contributed by atoms with van der Waals surface area (Å²) in [4.78, 5) is 24.9. The molecule has 0 atom stereocenters. The average molecular weight is 232 g/mol. The minimum absolute atomic E-state index is 0.0840. The molecule has 1 aliphatic rings. The number of amides is 2. The molecule has 1 N–H and O–H groups in total. The van der Waals surface area contributed by atoms with Gasteiger partial charge in [-0.3, -0.25) is 9.59 Å². The highest BCUT2D eigenvalue weighted by Crippen LogP contribution is 2.18. The largest absolute Gasteiger partial charge is 0.352 e. The highest BCUT2D eigenvalue weighted by molar-refractivity contribution is 5.96. The van der Waals surface area contributed by atoms with Crippen LogP contribution < -0.4 is 5.32 Å². The Morgan fingerprint density at radius 2 is 1.94 bits per heavy atom. The SMILES string of the molecule is CN(CC(=O)NC1CC1)C(=O)c1ccccc1. The van der Waals surface area contributed by atoms with E-state index >= 15 is 0 Å². The Morgan fingerprint density at radius 3 is 2.53 bits per heavy atom. The average Bonchev–Trinajstić information content (AvgIpc) is 3.12. The minimum Gasteiger partial charge on any atom is -0.352 e. The van der Waals surface area contributed by atoms with Gasteiger partial charge in [0.15, 0.2) is 0 Å². The molecule has 0 spiro atoms. The van der Waals surface area contributed by atoms with Crippen molar-refractivity contribution in [1.82, 2.24) is 10.2 Å². The third-order valence-corrected chi connectivity index (χ3v) is 2.69. The van der Waals surface area contributed by atoms with E-state index in [0.717, 1.165) is 12.8 Å². The Labute approximate surface area is 101 Å². The van der Waals surface area contributed by atoms with Crippen molar-refractivity contribution in [2.75, 3.05) is 13.6 Å². The van der Waals surface area contributed by atoms with Crippen LogP contribution in [0.5, 0.6) is 0 Å². The van der Waals surface area contributed by atoms with Gasteiger partial charge in [-0.25, -0.2) is 0 Å². The zero-order valence-corrected chi connectivity index (χ0v) is 9.85. The van der Waals surface area contributed by atoms with E-state index in [1.54, 1.807) is 19.2 Å². The molecule has 2 rings (SSSR count). The van der Waals surface area contributed by atoms with Gasteiger partial charge in [-0.05, 0) is 25.0 Å². The molecular formula is C13H16N2O2. The van der Waals surface area contributed by atoms with Gasteiger partial charge in [0.25, 0.3) is 5.91 Å². The third-order valence-electron chi connectivity index (χ3n) is 2.69. The van der Waals surface area contributed by atoms with Crippen LogP contribution in [-0.2, 0) is 4.79 Å². The first-order valence-corrected chi connectivity index (χ1v) is 5.76. The van der Waals surface area contributed by atoms with Crippen molar-refractivity contribution in [2.45, 2.75) is 18.9 Å². The van der Waals surface area contributed by atoms with Gasteiger partial charge in [-0.15, -0.1) is 0 Å². The van der Waals surface area contributed by atoms with Gasteiger partial charge in [0.2, 0.25) is 5.91 Å². The second kappa shape index (κ2) is 4.99. The number of hydrogen-bond donors (Lipinski definition) is 1. The topological polar surface area (TPSA) is 49.4 Å². The highest BCUT2D eigenvalue weighted by atomic mass is 16.2. The number of nitrogens with zero attached hydrogens (tertiary/aromatic N) is 1. The van der Waals surface area contributed by atoms with Crippen LogP contribution in [0, 0.1) is 0 Å². The molecule has 0 bridgehead atoms. The van der Waals surface area contributed by atoms with Crippen LogP contribution in [0.4, 0.5) is 0 Å². The van der Waals surface area contributed by atoms with Crippen LogP contribution in [0.15, 0.2) is 30.3 Å². The molecule has 0 aromatic heterocycles. The summed E-state index contributed by atoms with van der Waals surface area (Å²) in [5.41, 5.74) is 0.606. The van der Waals surface area contributed by atoms with Gasteiger partial charge in [0.1, 0.15) is 0 Å². The van der Waals surface area contributed by atoms with Crippen LogP contribution in [0.1, 0.15) is 23.2 Å². The van der Waals surface area contributed by atoms with Crippen LogP contribution in [0.3, 0.4) is 0 Å². The molecule has 0 radical (unpaired) electrons. The van der Waals surface area contributed by atoms with Crippen molar-refractivity contribution in [3.63, 3.8) is 0 Å². The minimum atomic E-state index is -0.128. The molecule has 0 saturated heterocycles. The monoisotopic (exact) mass is 232 g/mol. The number of carbonyl (C=O) groups excluding carboxylic acids is 2. The van der Waals surface area contributed by atoms with Crippen molar-refractivity contribution in [1.29, 1.82) is 0 Å². The van der Waals surface area contributed by atoms with E-state index in [2.05, 4.69) is 5.32 Å². The predicted octanol–water partition coefficient (Wildman–Crippen LogP) is 1.04. The molecule has 1 aromatic rings. The second-order valence-electron chi connectivity index (χ2n) is 4.37. The summed E-state index contributed by atoms with van der Waals surface area (Å²) < 4.78 is 0. The maximum atomic E-state index is 11.9. The van der Waals surface area contributed by atoms with Gasteiger partial charge < -0.3 is 10.2 Å². The van der Waals surface area contributed by atoms with E-state index in [1.165, 1.54) is 4.90 Å². The van der Waals surface area contributed by atoms with Gasteiger partial charge in [-0.1, -0.05) is 18.2 Å². The van der Waals surface area contributed by atoms with E-state index in [0.29, 0.717) is 11.6 Å². The molecule has 1 aromatic carbocycles. The molecule has 2 amide bonds. The number of likely N-dealkylation sites (N-methyl/N-ethyl adjacent to an activating group) is 1. The zero-order chi connectivity index (χ0) is 12.3. The van der Waals surface area contributed by atoms with Crippen LogP contribution >= 0.6 is 0 Å². The lowest BCUT2D eigenvalue weighted by Gasteiger charge is -2.16. The molecule has 1 saturated carbocycles. The number of rotatable bonds is 4. The van der Waals surface area contributed by atoms with E-state index < -0.39 is 0 Å². The van der Waals surface area contributed by atoms with Gasteiger partial charge >= 0.3 is 0 Å². The fourth-order valence-corrected chi connectivity index (χ4v) is 1.59. The summed E-state index contributed by atoms with van der Waals surface area (Å²) in [6.45, 7) is 0.115. The second-order valence-corrected chi connectivity index (χ2v) is 4.37. The highest BCUT2D eigenvalue weighted by Gasteiger charge is 2.24. The lowest BCUT2D eigenvalue weighted by atomic mass is 10.2. The Morgan fingerprint density at radius 1 is 1.29 bits per heavy atom. The van der Waals surface area contributed by atoms with Crippen molar-refractivity contribution < 1.29 is 9.59 Å². The normalized spacial score (nSPS) is 14.2. The molecule has 1 fully saturated rings. The molecule has 17 heavy (non-hydrogen) atoms. The van der Waals surface area contributed by atoms with Crippen molar-refractivity contribution in [3.8, 4) is 0 Å². The number of hydrogen-bond acceptors (Lipinski definition) is 2. The molecule has 0 heterocycles. The zero-order valence-electron chi connectivity index (χ0n) is 9.85. The Balaban J connectivity index is 1.88. The molecule has 1 aliphatic carbocycles. The number of carbonyl (C=O) groups is 2. The fourth-order valence-electron chi connectivity index (χ4n) is 1.59. The number of benzene rings is 1. The van der Waals surface area contributed by atoms with Crippen LogP contribution in [0.2, 0.25) is 0 Å². The van der Waals surface area contributed by atoms with Crippen molar-refractivity contribution >= 4 is 11.8 Å². The van der Waals surface area contributed by atoms with Crippen molar-refractivity contribution in [2.24, 2.45) is 0 Å². The van der Waals surface area contributed by atoms with Crippen LogP contribution in [-0.4, -0.2) is 36.3 Å². The van der Waals surface area contributed by atoms with Crippen molar-refractivity contribution in [3.05, 3.63) is 35.9 Å². The summed E-state index contributed by atoms with van der Waals surface area (Å²) in [6, 6.07) is 9.31. The van der Waals surface area contributed by atoms with E-state index in [-0.39, 0.29) is 18.4 Å². The third kappa shape index (κ3) is 3.31. The smallest absolute Gasteiger partial charge is 0.254 e. The summed E-state index contributed by atoms with van der Waals surface area (Å²) >= 11 is 0. The maximum Gasteiger partial charge on any atom is 0.254 e. The Hall–Kier alpha value is -1.84. The van der Waals surface area contributed by atoms with Gasteiger partial charge in [-0.2, -0.15) is 0 Å². The van der Waals surface area contributed by atoms with E-state index in [1.807, 2.05) is 18.2 Å². The molecular weight excluding hydrogens is 216 g/mol. The predicted molar refractivity (Wildman–Crippen MR) is 64.6 cm³/mol. The number of nitrogens with one attached hydrogen (secondary N) is 1. The molecule has 4 heteroatoms. The Bertz CT molecular complexity index is 413. The summed E-state index contributed by atoms with van der Waals surface area (Å²) in [5.74, 6) is -0.212. The lowest BCUT2D eigenvalue weighted by molar-refractivity contribution is -0.121. The summed E-state index contributed by atoms with van der Waals surface area (Å²) in [7, 11) is 1.64. The first kappa shape index (κ1) is 11.6.